The smallest absolute Gasteiger partial charge is 0.316 e. The van der Waals surface area contributed by atoms with Crippen LogP contribution in [0.4, 0.5) is 22.0 Å². The summed E-state index contributed by atoms with van der Waals surface area (Å²) in [6, 6.07) is 1.84. The van der Waals surface area contributed by atoms with Crippen LogP contribution in [-0.2, 0) is 15.0 Å². The van der Waals surface area contributed by atoms with Gasteiger partial charge in [0.1, 0.15) is 17.1 Å². The quantitative estimate of drug-likeness (QED) is 0.341. The Balaban J connectivity index is 2.00. The molecule has 26 heavy (non-hydrogen) atoms. The first kappa shape index (κ1) is 18.6. The van der Waals surface area contributed by atoms with E-state index >= 15 is 0 Å². The summed E-state index contributed by atoms with van der Waals surface area (Å²) in [5.41, 5.74) is 0. The van der Waals surface area contributed by atoms with Gasteiger partial charge < -0.3 is 8.60 Å². The molecule has 0 radical (unpaired) electrons. The molecule has 1 aromatic carbocycles. The molecule has 0 amide bonds. The molecule has 12 heteroatoms. The number of benzene rings is 1. The van der Waals surface area contributed by atoms with Gasteiger partial charge in [0.15, 0.2) is 0 Å². The fourth-order valence-corrected chi connectivity index (χ4v) is 3.85. The van der Waals surface area contributed by atoms with Gasteiger partial charge in [0, 0.05) is 7.05 Å². The molecular formula is C14H10F5NO5S. The third kappa shape index (κ3) is 2.93. The van der Waals surface area contributed by atoms with Crippen molar-refractivity contribution in [1.82, 2.24) is 5.06 Å². The zero-order valence-corrected chi connectivity index (χ0v) is 13.7. The maximum Gasteiger partial charge on any atom is 0.316 e. The minimum Gasteiger partial charge on any atom is -0.468 e. The van der Waals surface area contributed by atoms with E-state index in [1.165, 1.54) is 25.4 Å². The predicted molar refractivity (Wildman–Crippen MR) is 74.7 cm³/mol. The first-order chi connectivity index (χ1) is 12.1. The average molecular weight is 399 g/mol. The van der Waals surface area contributed by atoms with Crippen molar-refractivity contribution in [1.29, 1.82) is 0 Å². The van der Waals surface area contributed by atoms with Crippen LogP contribution in [0.25, 0.3) is 0 Å². The molecule has 0 aliphatic carbocycles. The number of rotatable bonds is 4. The van der Waals surface area contributed by atoms with Gasteiger partial charge in [-0.05, 0) is 12.1 Å². The lowest BCUT2D eigenvalue weighted by Crippen LogP contribution is -2.34. The predicted octanol–water partition coefficient (Wildman–Crippen LogP) is 2.67. The van der Waals surface area contributed by atoms with E-state index < -0.39 is 62.9 Å². The molecule has 0 saturated carbocycles. The molecular weight excluding hydrogens is 389 g/mol. The topological polar surface area (TPSA) is 69.0 Å². The molecule has 0 bridgehead atoms. The van der Waals surface area contributed by atoms with Gasteiger partial charge in [0.25, 0.3) is 0 Å². The Hall–Kier alpha value is -2.18. The highest BCUT2D eigenvalue weighted by molar-refractivity contribution is 7.87. The summed E-state index contributed by atoms with van der Waals surface area (Å²) in [4.78, 5) is 5.07. The minimum atomic E-state index is -4.87. The van der Waals surface area contributed by atoms with E-state index in [-0.39, 0.29) is 5.76 Å². The largest absolute Gasteiger partial charge is 0.468 e. The zero-order valence-electron chi connectivity index (χ0n) is 12.9. The van der Waals surface area contributed by atoms with E-state index in [1.807, 2.05) is 0 Å². The molecule has 142 valence electrons. The van der Waals surface area contributed by atoms with Crippen molar-refractivity contribution in [3.05, 3.63) is 53.2 Å². The van der Waals surface area contributed by atoms with Crippen molar-refractivity contribution < 1.29 is 43.8 Å². The van der Waals surface area contributed by atoms with Gasteiger partial charge in [0.05, 0.1) is 12.9 Å². The monoisotopic (exact) mass is 399 g/mol. The van der Waals surface area contributed by atoms with Gasteiger partial charge in [0.2, 0.25) is 34.8 Å². The Morgan fingerprint density at radius 1 is 1.08 bits per heavy atom. The Kier molecular flexibility index (Phi) is 4.67. The van der Waals surface area contributed by atoms with Gasteiger partial charge in [-0.2, -0.15) is 22.3 Å². The standard InChI is InChI=1S/C14H10F5NO5S/c1-20-13(6-3-2-4-23-6)7(5-24-20)26(21,22)25-14-11(18)9(16)8(15)10(17)12(14)19/h2-4,7,13H,5H2,1H3. The SMILES string of the molecule is CN1OCC(S(=O)(=O)Oc2c(F)c(F)c(F)c(F)c2F)C1c1ccco1. The van der Waals surface area contributed by atoms with Gasteiger partial charge in [-0.1, -0.05) is 0 Å². The van der Waals surface area contributed by atoms with E-state index in [4.69, 9.17) is 9.25 Å². The second-order valence-corrected chi connectivity index (χ2v) is 7.07. The Labute approximate surface area is 143 Å². The van der Waals surface area contributed by atoms with Crippen molar-refractivity contribution in [3.63, 3.8) is 0 Å². The van der Waals surface area contributed by atoms with E-state index in [0.29, 0.717) is 0 Å². The molecule has 2 atom stereocenters. The summed E-state index contributed by atoms with van der Waals surface area (Å²) in [7, 11) is -3.50. The summed E-state index contributed by atoms with van der Waals surface area (Å²) < 4.78 is 101. The molecule has 2 aromatic rings. The number of nitrogens with zero attached hydrogens (tertiary/aromatic N) is 1. The zero-order chi connectivity index (χ0) is 19.2. The van der Waals surface area contributed by atoms with Crippen LogP contribution in [0.1, 0.15) is 11.8 Å². The minimum absolute atomic E-state index is 0.139. The summed E-state index contributed by atoms with van der Waals surface area (Å²) >= 11 is 0. The number of hydrogen-bond acceptors (Lipinski definition) is 6. The van der Waals surface area contributed by atoms with Crippen LogP contribution in [0.15, 0.2) is 22.8 Å². The lowest BCUT2D eigenvalue weighted by Gasteiger charge is -2.20. The first-order valence-corrected chi connectivity index (χ1v) is 8.46. The first-order valence-electron chi connectivity index (χ1n) is 6.99. The average Bonchev–Trinajstić information content (AvgIpc) is 3.24. The van der Waals surface area contributed by atoms with Crippen molar-refractivity contribution in [2.24, 2.45) is 0 Å². The molecule has 6 nitrogen and oxygen atoms in total. The Bertz CT molecular complexity index is 905. The summed E-state index contributed by atoms with van der Waals surface area (Å²) in [5.74, 6) is -13.6. The molecule has 1 aromatic heterocycles. The maximum absolute atomic E-state index is 13.7. The van der Waals surface area contributed by atoms with Crippen LogP contribution in [0.5, 0.6) is 5.75 Å². The third-order valence-corrected chi connectivity index (χ3v) is 5.30. The second-order valence-electron chi connectivity index (χ2n) is 5.32. The molecule has 0 N–H and O–H groups in total. The highest BCUT2D eigenvalue weighted by atomic mass is 32.2. The van der Waals surface area contributed by atoms with Crippen molar-refractivity contribution in [2.75, 3.05) is 13.7 Å². The van der Waals surface area contributed by atoms with Crippen molar-refractivity contribution in [3.8, 4) is 5.75 Å². The van der Waals surface area contributed by atoms with Gasteiger partial charge in [-0.3, -0.25) is 4.84 Å². The molecule has 2 heterocycles. The number of hydrogen-bond donors (Lipinski definition) is 0. The lowest BCUT2D eigenvalue weighted by atomic mass is 10.2. The van der Waals surface area contributed by atoms with Crippen LogP contribution < -0.4 is 4.18 Å². The van der Waals surface area contributed by atoms with E-state index in [9.17, 15) is 30.4 Å². The molecule has 0 spiro atoms. The van der Waals surface area contributed by atoms with E-state index in [2.05, 4.69) is 4.18 Å². The molecule has 1 fully saturated rings. The summed E-state index contributed by atoms with van der Waals surface area (Å²) in [5, 5.41) is -0.434. The van der Waals surface area contributed by atoms with Crippen LogP contribution in [0, 0.1) is 29.1 Å². The molecule has 3 rings (SSSR count). The molecule has 1 aliphatic heterocycles. The van der Waals surface area contributed by atoms with Gasteiger partial charge in [-0.15, -0.1) is 0 Å². The van der Waals surface area contributed by atoms with Crippen molar-refractivity contribution in [2.45, 2.75) is 11.3 Å². The van der Waals surface area contributed by atoms with Crippen LogP contribution >= 0.6 is 0 Å². The highest BCUT2D eigenvalue weighted by Crippen LogP contribution is 2.37. The van der Waals surface area contributed by atoms with Crippen LogP contribution in [0.2, 0.25) is 0 Å². The second kappa shape index (κ2) is 6.52. The van der Waals surface area contributed by atoms with Crippen LogP contribution in [0.3, 0.4) is 0 Å². The van der Waals surface area contributed by atoms with Crippen LogP contribution in [-0.4, -0.2) is 32.4 Å². The van der Waals surface area contributed by atoms with E-state index in [1.54, 1.807) is 0 Å². The number of halogens is 5. The van der Waals surface area contributed by atoms with Crippen molar-refractivity contribution >= 4 is 10.1 Å². The Morgan fingerprint density at radius 2 is 1.65 bits per heavy atom. The van der Waals surface area contributed by atoms with Gasteiger partial charge in [-0.25, -0.2) is 13.2 Å². The third-order valence-electron chi connectivity index (χ3n) is 3.76. The summed E-state index contributed by atoms with van der Waals surface area (Å²) in [6.45, 7) is -0.487. The number of hydroxylamine groups is 2. The number of furan rings is 1. The van der Waals surface area contributed by atoms with Gasteiger partial charge >= 0.3 is 10.1 Å². The maximum atomic E-state index is 13.7. The normalized spacial score (nSPS) is 21.3. The highest BCUT2D eigenvalue weighted by Gasteiger charge is 2.47. The fourth-order valence-electron chi connectivity index (χ4n) is 2.50. The fraction of sp³-hybridized carbons (Fsp3) is 0.286. The lowest BCUT2D eigenvalue weighted by molar-refractivity contribution is -0.113. The molecule has 1 saturated heterocycles. The van der Waals surface area contributed by atoms with E-state index in [0.717, 1.165) is 5.06 Å². The Morgan fingerprint density at radius 3 is 2.19 bits per heavy atom. The molecule has 1 aliphatic rings. The molecule has 2 unspecified atom stereocenters. The summed E-state index contributed by atoms with van der Waals surface area (Å²) in [6.07, 6.45) is 1.26.